The van der Waals surface area contributed by atoms with Crippen LogP contribution in [0.5, 0.6) is 0 Å². The van der Waals surface area contributed by atoms with Crippen LogP contribution in [0.4, 0.5) is 4.39 Å². The van der Waals surface area contributed by atoms with Crippen molar-refractivity contribution in [3.05, 3.63) is 65.6 Å². The van der Waals surface area contributed by atoms with Gasteiger partial charge in [-0.05, 0) is 79.1 Å². The molecule has 0 aliphatic heterocycles. The van der Waals surface area contributed by atoms with Gasteiger partial charge < -0.3 is 4.98 Å². The van der Waals surface area contributed by atoms with E-state index in [0.717, 1.165) is 46.7 Å². The molecule has 1 N–H and O–H groups in total. The Labute approximate surface area is 219 Å². The second-order valence-corrected chi connectivity index (χ2v) is 13.7. The Bertz CT molecular complexity index is 1240. The van der Waals surface area contributed by atoms with Gasteiger partial charge in [0.15, 0.2) is 5.82 Å². The third kappa shape index (κ3) is 4.78. The van der Waals surface area contributed by atoms with Gasteiger partial charge in [-0.15, -0.1) is 0 Å². The Hall–Kier alpha value is -2.07. The number of benzene rings is 1. The summed E-state index contributed by atoms with van der Waals surface area (Å²) in [7, 11) is 0. The molecule has 2 heterocycles. The normalized spacial score (nSPS) is 29.9. The summed E-state index contributed by atoms with van der Waals surface area (Å²) in [5.74, 6) is 3.66. The minimum Gasteiger partial charge on any atom is -0.357 e. The Morgan fingerprint density at radius 3 is 2.53 bits per heavy atom. The lowest BCUT2D eigenvalue weighted by Gasteiger charge is -2.24. The molecule has 1 aromatic carbocycles. The first-order valence-corrected chi connectivity index (χ1v) is 15.0. The molecule has 6 atom stereocenters. The first-order valence-electron chi connectivity index (χ1n) is 14.1. The molecule has 2 nitrogen and oxygen atoms in total. The van der Waals surface area contributed by atoms with Crippen molar-refractivity contribution in [1.82, 2.24) is 9.97 Å². The van der Waals surface area contributed by atoms with Gasteiger partial charge in [-0.1, -0.05) is 63.6 Å². The van der Waals surface area contributed by atoms with Gasteiger partial charge in [0.1, 0.15) is 5.69 Å². The second-order valence-electron chi connectivity index (χ2n) is 11.9. The van der Waals surface area contributed by atoms with Crippen molar-refractivity contribution in [3.8, 4) is 11.3 Å². The van der Waals surface area contributed by atoms with Crippen LogP contribution in [0, 0.1) is 29.5 Å². The van der Waals surface area contributed by atoms with Crippen LogP contribution >= 0.6 is 11.8 Å². The Kier molecular flexibility index (Phi) is 6.75. The van der Waals surface area contributed by atoms with E-state index in [4.69, 9.17) is 4.98 Å². The smallest absolute Gasteiger partial charge is 0.151 e. The predicted molar refractivity (Wildman–Crippen MR) is 151 cm³/mol. The molecule has 36 heavy (non-hydrogen) atoms. The molecule has 2 saturated carbocycles. The van der Waals surface area contributed by atoms with Crippen molar-refractivity contribution < 1.29 is 4.39 Å². The molecular weight excluding hydrogens is 463 g/mol. The van der Waals surface area contributed by atoms with Crippen molar-refractivity contribution >= 4 is 22.8 Å². The van der Waals surface area contributed by atoms with E-state index in [0.29, 0.717) is 22.1 Å². The quantitative estimate of drug-likeness (QED) is 0.341. The SMILES string of the molecule is CC(C)SC1C=CC(c2ccc(-c3nc4cc(CC5CCC6C(C)CCC56)[nH]c4cc3F)cc2)CC1. The zero-order valence-corrected chi connectivity index (χ0v) is 22.7. The van der Waals surface area contributed by atoms with Crippen LogP contribution in [0.25, 0.3) is 22.3 Å². The summed E-state index contributed by atoms with van der Waals surface area (Å²) in [4.78, 5) is 8.26. The van der Waals surface area contributed by atoms with Crippen molar-refractivity contribution in [3.63, 3.8) is 0 Å². The number of nitrogens with zero attached hydrogens (tertiary/aromatic N) is 1. The zero-order valence-electron chi connectivity index (χ0n) is 21.8. The summed E-state index contributed by atoms with van der Waals surface area (Å²) in [6.07, 6.45) is 13.7. The van der Waals surface area contributed by atoms with Crippen LogP contribution in [0.2, 0.25) is 0 Å². The highest BCUT2D eigenvalue weighted by Gasteiger charge is 2.42. The van der Waals surface area contributed by atoms with Crippen LogP contribution in [-0.4, -0.2) is 20.5 Å². The first kappa shape index (κ1) is 24.3. The number of pyridine rings is 1. The zero-order chi connectivity index (χ0) is 24.8. The number of hydrogen-bond donors (Lipinski definition) is 1. The average molecular weight is 503 g/mol. The third-order valence-electron chi connectivity index (χ3n) is 9.19. The lowest BCUT2D eigenvalue weighted by atomic mass is 9.87. The Balaban J connectivity index is 1.17. The number of halogens is 1. The van der Waals surface area contributed by atoms with E-state index < -0.39 is 0 Å². The number of allylic oxidation sites excluding steroid dienone is 1. The van der Waals surface area contributed by atoms with Gasteiger partial charge in [0, 0.05) is 28.5 Å². The highest BCUT2D eigenvalue weighted by Crippen LogP contribution is 2.51. The van der Waals surface area contributed by atoms with E-state index in [1.165, 1.54) is 49.8 Å². The highest BCUT2D eigenvalue weighted by molar-refractivity contribution is 8.00. The second kappa shape index (κ2) is 10.0. The van der Waals surface area contributed by atoms with Crippen LogP contribution in [0.1, 0.15) is 76.5 Å². The molecule has 0 bridgehead atoms. The summed E-state index contributed by atoms with van der Waals surface area (Å²) in [6.45, 7) is 6.97. The fraction of sp³-hybridized carbons (Fsp3) is 0.531. The highest BCUT2D eigenvalue weighted by atomic mass is 32.2. The molecule has 0 saturated heterocycles. The van der Waals surface area contributed by atoms with E-state index in [2.05, 4.69) is 56.1 Å². The molecule has 0 radical (unpaired) electrons. The molecule has 3 aliphatic rings. The first-order chi connectivity index (χ1) is 17.4. The number of fused-ring (bicyclic) bond motifs is 2. The van der Waals surface area contributed by atoms with Gasteiger partial charge in [-0.25, -0.2) is 9.37 Å². The Morgan fingerprint density at radius 2 is 1.78 bits per heavy atom. The molecule has 2 aromatic heterocycles. The van der Waals surface area contributed by atoms with Crippen LogP contribution in [0.3, 0.4) is 0 Å². The molecule has 2 fully saturated rings. The fourth-order valence-corrected chi connectivity index (χ4v) is 8.52. The van der Waals surface area contributed by atoms with Gasteiger partial charge in [0.05, 0.1) is 11.0 Å². The van der Waals surface area contributed by atoms with E-state index in [1.54, 1.807) is 6.07 Å². The number of hydrogen-bond acceptors (Lipinski definition) is 2. The van der Waals surface area contributed by atoms with Gasteiger partial charge >= 0.3 is 0 Å². The number of nitrogens with one attached hydrogen (secondary N) is 1. The monoisotopic (exact) mass is 502 g/mol. The number of aromatic amines is 1. The molecular formula is C32H39FN2S. The number of aromatic nitrogens is 2. The van der Waals surface area contributed by atoms with Gasteiger partial charge in [0.25, 0.3) is 0 Å². The van der Waals surface area contributed by atoms with Gasteiger partial charge in [0.2, 0.25) is 0 Å². The van der Waals surface area contributed by atoms with Crippen molar-refractivity contribution in [2.45, 2.75) is 82.1 Å². The van der Waals surface area contributed by atoms with Crippen LogP contribution in [-0.2, 0) is 6.42 Å². The van der Waals surface area contributed by atoms with E-state index in [-0.39, 0.29) is 5.82 Å². The molecule has 0 spiro atoms. The van der Waals surface area contributed by atoms with Crippen molar-refractivity contribution in [2.75, 3.05) is 0 Å². The predicted octanol–water partition coefficient (Wildman–Crippen LogP) is 8.93. The maximum Gasteiger partial charge on any atom is 0.151 e. The minimum absolute atomic E-state index is 0.250. The lowest BCUT2D eigenvalue weighted by Crippen LogP contribution is -2.13. The molecule has 190 valence electrons. The summed E-state index contributed by atoms with van der Waals surface area (Å²) >= 11 is 2.05. The average Bonchev–Trinajstić information content (AvgIpc) is 3.55. The largest absolute Gasteiger partial charge is 0.357 e. The molecule has 0 amide bonds. The van der Waals surface area contributed by atoms with Crippen LogP contribution < -0.4 is 0 Å². The van der Waals surface area contributed by atoms with Crippen LogP contribution in [0.15, 0.2) is 48.6 Å². The maximum absolute atomic E-state index is 15.1. The van der Waals surface area contributed by atoms with Gasteiger partial charge in [-0.2, -0.15) is 11.8 Å². The van der Waals surface area contributed by atoms with E-state index >= 15 is 4.39 Å². The fourth-order valence-electron chi connectivity index (χ4n) is 7.37. The molecule has 3 aliphatic carbocycles. The molecule has 4 heteroatoms. The molecule has 3 aromatic rings. The summed E-state index contributed by atoms with van der Waals surface area (Å²) in [5.41, 5.74) is 5.53. The third-order valence-corrected chi connectivity index (χ3v) is 10.5. The standard InChI is InChI=1S/C32H39FN2S/c1-19(2)36-26-12-9-22(10-13-26)21-5-7-23(8-6-21)32-29(33)18-31-30(35-32)17-25(34-31)16-24-11-15-27-20(3)4-14-28(24)27/h5-9,12,17-20,22,24,26-28,34H,4,10-11,13-16H2,1-3H3. The summed E-state index contributed by atoms with van der Waals surface area (Å²) in [5, 5.41) is 1.30. The van der Waals surface area contributed by atoms with E-state index in [1.807, 2.05) is 23.9 Å². The lowest BCUT2D eigenvalue weighted by molar-refractivity contribution is 0.322. The molecule has 6 rings (SSSR count). The maximum atomic E-state index is 15.1. The topological polar surface area (TPSA) is 28.7 Å². The van der Waals surface area contributed by atoms with E-state index in [9.17, 15) is 0 Å². The summed E-state index contributed by atoms with van der Waals surface area (Å²) in [6, 6.07) is 12.2. The minimum atomic E-state index is -0.250. The van der Waals surface area contributed by atoms with Gasteiger partial charge in [-0.3, -0.25) is 0 Å². The number of H-pyrrole nitrogens is 1. The van der Waals surface area contributed by atoms with Crippen molar-refractivity contribution in [1.29, 1.82) is 0 Å². The molecule has 6 unspecified atom stereocenters. The Morgan fingerprint density at radius 1 is 0.972 bits per heavy atom. The number of rotatable bonds is 6. The summed E-state index contributed by atoms with van der Waals surface area (Å²) < 4.78 is 15.1. The van der Waals surface area contributed by atoms with Crippen molar-refractivity contribution in [2.24, 2.45) is 23.7 Å². The number of thioether (sulfide) groups is 1.